The Kier molecular flexibility index (Phi) is 9.47. The van der Waals surface area contributed by atoms with Gasteiger partial charge >= 0.3 is 6.09 Å². The van der Waals surface area contributed by atoms with Gasteiger partial charge in [0.05, 0.1) is 12.5 Å². The molecular formula is C28H38N4O4. The van der Waals surface area contributed by atoms with Crippen LogP contribution in [0.25, 0.3) is 0 Å². The fourth-order valence-electron chi connectivity index (χ4n) is 4.37. The molecule has 36 heavy (non-hydrogen) atoms. The van der Waals surface area contributed by atoms with Crippen molar-refractivity contribution < 1.29 is 19.1 Å². The lowest BCUT2D eigenvalue weighted by Crippen LogP contribution is -2.51. The van der Waals surface area contributed by atoms with Gasteiger partial charge in [0.1, 0.15) is 5.60 Å². The van der Waals surface area contributed by atoms with Crippen LogP contribution in [0.1, 0.15) is 50.7 Å². The molecule has 3 rings (SSSR count). The first-order valence-corrected chi connectivity index (χ1v) is 12.5. The first kappa shape index (κ1) is 27.2. The molecule has 0 aliphatic carbocycles. The molecule has 1 aliphatic heterocycles. The number of rotatable bonds is 8. The number of amides is 3. The molecule has 1 saturated heterocycles. The third-order valence-corrected chi connectivity index (χ3v) is 6.16. The summed E-state index contributed by atoms with van der Waals surface area (Å²) >= 11 is 0. The predicted octanol–water partition coefficient (Wildman–Crippen LogP) is 3.04. The smallest absolute Gasteiger partial charge is 0.407 e. The highest BCUT2D eigenvalue weighted by molar-refractivity contribution is 5.88. The fraction of sp³-hybridized carbons (Fsp3) is 0.464. The van der Waals surface area contributed by atoms with E-state index in [4.69, 9.17) is 4.74 Å². The first-order chi connectivity index (χ1) is 17.2. The molecule has 1 heterocycles. The standard InChI is InChI=1S/C28H38N4O4/c1-28(2,3)36-27(35)30-18-22-15-16-32(26(34)24(31-22)17-25(33)29-4)19-23(20-11-7-5-8-12-20)21-13-9-6-10-14-21/h5-14,22-24,31H,15-19H2,1-4H3,(H,29,33)(H,30,35)/t22?,24-/m0/s1. The normalized spacial score (nSPS) is 18.5. The van der Waals surface area contributed by atoms with Crippen molar-refractivity contribution in [1.82, 2.24) is 20.9 Å². The SMILES string of the molecule is CNC(=O)C[C@@H]1NC(CNC(=O)OC(C)(C)C)CCN(CC(c2ccccc2)c2ccccc2)C1=O. The molecule has 1 aliphatic rings. The molecule has 3 N–H and O–H groups in total. The van der Waals surface area contributed by atoms with Gasteiger partial charge in [0, 0.05) is 38.6 Å². The molecule has 8 nitrogen and oxygen atoms in total. The molecule has 0 bridgehead atoms. The van der Waals surface area contributed by atoms with Crippen molar-refractivity contribution >= 4 is 17.9 Å². The summed E-state index contributed by atoms with van der Waals surface area (Å²) < 4.78 is 5.34. The van der Waals surface area contributed by atoms with Crippen LogP contribution in [0.2, 0.25) is 0 Å². The number of ether oxygens (including phenoxy) is 1. The second kappa shape index (κ2) is 12.5. The van der Waals surface area contributed by atoms with Gasteiger partial charge in [-0.3, -0.25) is 9.59 Å². The van der Waals surface area contributed by atoms with Crippen molar-refractivity contribution in [2.24, 2.45) is 0 Å². The molecular weight excluding hydrogens is 456 g/mol. The summed E-state index contributed by atoms with van der Waals surface area (Å²) in [6, 6.07) is 19.4. The van der Waals surface area contributed by atoms with Crippen molar-refractivity contribution in [1.29, 1.82) is 0 Å². The molecule has 3 amide bonds. The van der Waals surface area contributed by atoms with E-state index in [1.54, 1.807) is 7.05 Å². The minimum absolute atomic E-state index is 0.00607. The Bertz CT molecular complexity index is 968. The lowest BCUT2D eigenvalue weighted by Gasteiger charge is -2.29. The van der Waals surface area contributed by atoms with Crippen LogP contribution >= 0.6 is 0 Å². The highest BCUT2D eigenvalue weighted by Gasteiger charge is 2.34. The van der Waals surface area contributed by atoms with Gasteiger partial charge in [0.2, 0.25) is 11.8 Å². The zero-order valence-electron chi connectivity index (χ0n) is 21.6. The number of benzene rings is 2. The van der Waals surface area contributed by atoms with E-state index >= 15 is 0 Å². The summed E-state index contributed by atoms with van der Waals surface area (Å²) in [5.41, 5.74) is 1.65. The Morgan fingerprint density at radius 3 is 2.17 bits per heavy atom. The van der Waals surface area contributed by atoms with E-state index in [-0.39, 0.29) is 30.2 Å². The summed E-state index contributed by atoms with van der Waals surface area (Å²) in [5, 5.41) is 8.71. The van der Waals surface area contributed by atoms with Crippen molar-refractivity contribution in [2.75, 3.05) is 26.7 Å². The number of nitrogens with one attached hydrogen (secondary N) is 3. The summed E-state index contributed by atoms with van der Waals surface area (Å²) in [5.74, 6) is -0.340. The molecule has 8 heteroatoms. The molecule has 194 valence electrons. The molecule has 2 atom stereocenters. The molecule has 1 unspecified atom stereocenters. The molecule has 2 aromatic carbocycles. The van der Waals surface area contributed by atoms with Gasteiger partial charge in [-0.2, -0.15) is 0 Å². The molecule has 2 aromatic rings. The summed E-state index contributed by atoms with van der Waals surface area (Å²) in [7, 11) is 1.56. The Balaban J connectivity index is 1.79. The molecule has 1 fully saturated rings. The van der Waals surface area contributed by atoms with Crippen LogP contribution in [0.3, 0.4) is 0 Å². The lowest BCUT2D eigenvalue weighted by atomic mass is 9.90. The van der Waals surface area contributed by atoms with Crippen LogP contribution in [0.4, 0.5) is 4.79 Å². The van der Waals surface area contributed by atoms with E-state index in [1.807, 2.05) is 62.1 Å². The molecule has 0 aromatic heterocycles. The number of alkyl carbamates (subject to hydrolysis) is 1. The van der Waals surface area contributed by atoms with Crippen LogP contribution < -0.4 is 16.0 Å². The van der Waals surface area contributed by atoms with Crippen LogP contribution in [-0.2, 0) is 14.3 Å². The monoisotopic (exact) mass is 494 g/mol. The maximum atomic E-state index is 13.6. The summed E-state index contributed by atoms with van der Waals surface area (Å²) in [4.78, 5) is 39.9. The Morgan fingerprint density at radius 2 is 1.64 bits per heavy atom. The van der Waals surface area contributed by atoms with Crippen LogP contribution in [0.15, 0.2) is 60.7 Å². The minimum Gasteiger partial charge on any atom is -0.444 e. The quantitative estimate of drug-likeness (QED) is 0.524. The second-order valence-electron chi connectivity index (χ2n) is 10.1. The zero-order valence-corrected chi connectivity index (χ0v) is 21.6. The van der Waals surface area contributed by atoms with E-state index in [1.165, 1.54) is 0 Å². The number of carbonyl (C=O) groups excluding carboxylic acids is 3. The van der Waals surface area contributed by atoms with Crippen molar-refractivity contribution in [3.8, 4) is 0 Å². The minimum atomic E-state index is -0.690. The number of hydrogen-bond donors (Lipinski definition) is 3. The van der Waals surface area contributed by atoms with E-state index in [0.717, 1.165) is 11.1 Å². The Labute approximate surface area is 213 Å². The molecule has 0 spiro atoms. The predicted molar refractivity (Wildman–Crippen MR) is 140 cm³/mol. The maximum absolute atomic E-state index is 13.6. The topological polar surface area (TPSA) is 99.8 Å². The lowest BCUT2D eigenvalue weighted by molar-refractivity contribution is -0.135. The van der Waals surface area contributed by atoms with E-state index in [2.05, 4.69) is 40.2 Å². The van der Waals surface area contributed by atoms with Crippen molar-refractivity contribution in [3.05, 3.63) is 71.8 Å². The highest BCUT2D eigenvalue weighted by atomic mass is 16.6. The zero-order chi connectivity index (χ0) is 26.1. The fourth-order valence-corrected chi connectivity index (χ4v) is 4.37. The second-order valence-corrected chi connectivity index (χ2v) is 10.1. The van der Waals surface area contributed by atoms with Gasteiger partial charge in [-0.1, -0.05) is 60.7 Å². The number of carbonyl (C=O) groups is 3. The van der Waals surface area contributed by atoms with Gasteiger partial charge in [-0.25, -0.2) is 4.79 Å². The van der Waals surface area contributed by atoms with Crippen LogP contribution in [0, 0.1) is 0 Å². The van der Waals surface area contributed by atoms with Crippen molar-refractivity contribution in [3.63, 3.8) is 0 Å². The van der Waals surface area contributed by atoms with E-state index in [0.29, 0.717) is 26.1 Å². The van der Waals surface area contributed by atoms with Gasteiger partial charge in [-0.05, 0) is 38.3 Å². The Hall–Kier alpha value is -3.39. The highest BCUT2D eigenvalue weighted by Crippen LogP contribution is 2.27. The average molecular weight is 495 g/mol. The van der Waals surface area contributed by atoms with E-state index in [9.17, 15) is 14.4 Å². The largest absolute Gasteiger partial charge is 0.444 e. The van der Waals surface area contributed by atoms with E-state index < -0.39 is 17.7 Å². The van der Waals surface area contributed by atoms with Gasteiger partial charge in [-0.15, -0.1) is 0 Å². The van der Waals surface area contributed by atoms with Crippen molar-refractivity contribution in [2.45, 2.75) is 57.2 Å². The third kappa shape index (κ3) is 8.09. The van der Waals surface area contributed by atoms with Gasteiger partial charge in [0.15, 0.2) is 0 Å². The third-order valence-electron chi connectivity index (χ3n) is 6.16. The number of nitrogens with zero attached hydrogens (tertiary/aromatic N) is 1. The summed E-state index contributed by atoms with van der Waals surface area (Å²) in [6.45, 7) is 6.71. The Morgan fingerprint density at radius 1 is 1.06 bits per heavy atom. The van der Waals surface area contributed by atoms with Gasteiger partial charge in [0.25, 0.3) is 0 Å². The van der Waals surface area contributed by atoms with Crippen LogP contribution in [0.5, 0.6) is 0 Å². The first-order valence-electron chi connectivity index (χ1n) is 12.5. The number of hydrogen-bond acceptors (Lipinski definition) is 5. The molecule has 0 radical (unpaired) electrons. The maximum Gasteiger partial charge on any atom is 0.407 e. The molecule has 0 saturated carbocycles. The van der Waals surface area contributed by atoms with Gasteiger partial charge < -0.3 is 25.6 Å². The summed E-state index contributed by atoms with van der Waals surface area (Å²) in [6.07, 6.45) is 0.144. The average Bonchev–Trinajstić information content (AvgIpc) is 2.99. The van der Waals surface area contributed by atoms with Crippen LogP contribution in [-0.4, -0.2) is 67.2 Å².